The Kier molecular flexibility index (Phi) is 17.5. The van der Waals surface area contributed by atoms with Crippen molar-refractivity contribution in [3.8, 4) is 0 Å². The third-order valence-electron chi connectivity index (χ3n) is 8.01. The van der Waals surface area contributed by atoms with Crippen molar-refractivity contribution in [2.45, 2.75) is 104 Å². The van der Waals surface area contributed by atoms with Crippen LogP contribution in [0.25, 0.3) is 0 Å². The molecule has 0 spiro atoms. The fourth-order valence-corrected chi connectivity index (χ4v) is 6.87. The van der Waals surface area contributed by atoms with Gasteiger partial charge in [-0.05, 0) is 6.42 Å². The van der Waals surface area contributed by atoms with E-state index in [1.807, 2.05) is 0 Å². The van der Waals surface area contributed by atoms with Crippen molar-refractivity contribution in [3.05, 3.63) is 0 Å². The Morgan fingerprint density at radius 3 is 0.635 bits per heavy atom. The summed E-state index contributed by atoms with van der Waals surface area (Å²) in [6.07, 6.45) is -33.5. The van der Waals surface area contributed by atoms with Gasteiger partial charge in [-0.3, -0.25) is 12.5 Å². The van der Waals surface area contributed by atoms with Crippen LogP contribution in [0.1, 0.15) is 32.6 Å². The molecule has 0 aromatic heterocycles. The summed E-state index contributed by atoms with van der Waals surface area (Å²) in [5.41, 5.74) is -3.24. The predicted molar refractivity (Wildman–Crippen MR) is 148 cm³/mol. The SMILES string of the molecule is CCC(COS(=O)(=O)CCC(F)(F)C(F)(F)C(F)(F)C(F)(F)F)(COS(=O)(=O)CCC(F)(F)C(F)(F)C(F)(F)C(F)(F)F)COS(=O)(=O)CCC(F)(F)C(F)(F)C(F)(F)C(F)(F)F. The number of halogens is 27. The molecule has 0 unspecified atom stereocenters. The van der Waals surface area contributed by atoms with Crippen LogP contribution in [-0.4, -0.2) is 134 Å². The molecule has 0 bridgehead atoms. The molecular formula is C24H23F27O9S3. The van der Waals surface area contributed by atoms with E-state index in [4.69, 9.17) is 0 Å². The zero-order valence-corrected chi connectivity index (χ0v) is 32.1. The molecule has 0 saturated heterocycles. The molecule has 0 aliphatic rings. The highest BCUT2D eigenvalue weighted by Crippen LogP contribution is 2.56. The topological polar surface area (TPSA) is 130 Å². The Hall–Kier alpha value is -2.16. The van der Waals surface area contributed by atoms with Gasteiger partial charge in [-0.25, -0.2) is 0 Å². The van der Waals surface area contributed by atoms with E-state index in [2.05, 4.69) is 12.5 Å². The molecule has 0 heterocycles. The summed E-state index contributed by atoms with van der Waals surface area (Å²) in [6.45, 7) is -6.25. The van der Waals surface area contributed by atoms with Gasteiger partial charge in [-0.1, -0.05) is 6.92 Å². The van der Waals surface area contributed by atoms with Crippen molar-refractivity contribution in [2.24, 2.45) is 5.41 Å². The fourth-order valence-electron chi connectivity index (χ4n) is 3.71. The summed E-state index contributed by atoms with van der Waals surface area (Å²) in [7, 11) is -18.6. The van der Waals surface area contributed by atoms with Crippen LogP contribution < -0.4 is 0 Å². The van der Waals surface area contributed by atoms with E-state index >= 15 is 0 Å². The zero-order chi connectivity index (χ0) is 51.2. The maximum atomic E-state index is 13.9. The number of hydrogen-bond donors (Lipinski definition) is 0. The molecule has 0 aromatic rings. The monoisotopic (exact) mass is 1060 g/mol. The highest BCUT2D eigenvalue weighted by Gasteiger charge is 2.83. The smallest absolute Gasteiger partial charge is 0.269 e. The second kappa shape index (κ2) is 18.1. The number of alkyl halides is 27. The second-order valence-corrected chi connectivity index (χ2v) is 18.0. The second-order valence-electron chi connectivity index (χ2n) is 12.7. The highest BCUT2D eigenvalue weighted by atomic mass is 32.2. The average molecular weight is 1060 g/mol. The first kappa shape index (κ1) is 60.8. The van der Waals surface area contributed by atoms with Crippen LogP contribution >= 0.6 is 0 Å². The lowest BCUT2D eigenvalue weighted by Crippen LogP contribution is -2.61. The van der Waals surface area contributed by atoms with E-state index in [-0.39, 0.29) is 0 Å². The van der Waals surface area contributed by atoms with Gasteiger partial charge in [0.2, 0.25) is 0 Å². The first-order valence-electron chi connectivity index (χ1n) is 15.3. The molecule has 39 heteroatoms. The Bertz CT molecular complexity index is 1680. The van der Waals surface area contributed by atoms with E-state index in [0.29, 0.717) is 6.92 Å². The van der Waals surface area contributed by atoms with Gasteiger partial charge >= 0.3 is 71.8 Å². The van der Waals surface area contributed by atoms with Gasteiger partial charge in [0.25, 0.3) is 30.4 Å². The van der Waals surface area contributed by atoms with Gasteiger partial charge in [0.1, 0.15) is 0 Å². The molecule has 0 saturated carbocycles. The Balaban J connectivity index is 6.77. The molecule has 0 rings (SSSR count). The molecule has 0 aliphatic heterocycles. The van der Waals surface area contributed by atoms with Crippen LogP contribution in [0, 0.1) is 5.41 Å². The minimum absolute atomic E-state index is 0.512. The Morgan fingerprint density at radius 2 is 0.492 bits per heavy atom. The third-order valence-corrected chi connectivity index (χ3v) is 11.6. The molecule has 0 atom stereocenters. The largest absolute Gasteiger partial charge is 0.460 e. The number of hydrogen-bond acceptors (Lipinski definition) is 9. The minimum atomic E-state index is -7.60. The molecule has 0 N–H and O–H groups in total. The van der Waals surface area contributed by atoms with Gasteiger partial charge < -0.3 is 0 Å². The molecule has 380 valence electrons. The zero-order valence-electron chi connectivity index (χ0n) is 29.7. The summed E-state index contributed by atoms with van der Waals surface area (Å²) < 4.78 is 440. The predicted octanol–water partition coefficient (Wildman–Crippen LogP) is 9.00. The molecule has 0 amide bonds. The fraction of sp³-hybridized carbons (Fsp3) is 1.00. The van der Waals surface area contributed by atoms with Crippen LogP contribution in [-0.2, 0) is 42.9 Å². The van der Waals surface area contributed by atoms with Crippen molar-refractivity contribution in [3.63, 3.8) is 0 Å². The standard InChI is InChI=1S/C24H23F27O9S3/c1-2-12(9-58-61(52,53)6-3-13(25,26)16(31,32)19(37,38)22(43,44)45,10-59-62(54,55)7-4-14(27,28)17(33,34)20(39,40)23(46,47)48)11-60-63(56,57)8-5-15(29,30)18(35,36)21(41,42)24(49,50)51/h2-11H2,1H3. The first-order valence-corrected chi connectivity index (χ1v) is 20.0. The van der Waals surface area contributed by atoms with Crippen molar-refractivity contribution >= 4 is 30.4 Å². The van der Waals surface area contributed by atoms with Gasteiger partial charge in [0.05, 0.1) is 37.1 Å². The normalized spacial score (nSPS) is 16.2. The summed E-state index contributed by atoms with van der Waals surface area (Å²) in [4.78, 5) is 0. The lowest BCUT2D eigenvalue weighted by molar-refractivity contribution is -0.396. The van der Waals surface area contributed by atoms with Crippen molar-refractivity contribution in [1.82, 2.24) is 0 Å². The maximum absolute atomic E-state index is 13.9. The Labute approximate surface area is 333 Å². The van der Waals surface area contributed by atoms with Crippen molar-refractivity contribution < 1.29 is 156 Å². The highest BCUT2D eigenvalue weighted by molar-refractivity contribution is 7.87. The quantitative estimate of drug-likeness (QED) is 0.0650. The molecular weight excluding hydrogens is 1040 g/mol. The molecule has 0 aromatic carbocycles. The van der Waals surface area contributed by atoms with Crippen molar-refractivity contribution in [1.29, 1.82) is 0 Å². The summed E-state index contributed by atoms with van der Waals surface area (Å²) in [5.74, 6) is -73.6. The van der Waals surface area contributed by atoms with Gasteiger partial charge in [0, 0.05) is 24.7 Å². The average Bonchev–Trinajstić information content (AvgIpc) is 3.07. The summed E-state index contributed by atoms with van der Waals surface area (Å²) in [6, 6.07) is 0. The lowest BCUT2D eigenvalue weighted by Gasteiger charge is -2.34. The van der Waals surface area contributed by atoms with E-state index in [0.717, 1.165) is 0 Å². The summed E-state index contributed by atoms with van der Waals surface area (Å²) >= 11 is 0. The third kappa shape index (κ3) is 13.1. The van der Waals surface area contributed by atoms with Gasteiger partial charge in [-0.15, -0.1) is 0 Å². The van der Waals surface area contributed by atoms with E-state index in [1.54, 1.807) is 0 Å². The first-order chi connectivity index (χ1) is 27.1. The van der Waals surface area contributed by atoms with E-state index in [9.17, 15) is 144 Å². The lowest BCUT2D eigenvalue weighted by atomic mass is 9.88. The van der Waals surface area contributed by atoms with Gasteiger partial charge in [0.15, 0.2) is 0 Å². The molecule has 63 heavy (non-hydrogen) atoms. The van der Waals surface area contributed by atoms with Crippen LogP contribution in [0.2, 0.25) is 0 Å². The van der Waals surface area contributed by atoms with E-state index < -0.39 is 170 Å². The van der Waals surface area contributed by atoms with Crippen molar-refractivity contribution in [2.75, 3.05) is 37.1 Å². The number of rotatable bonds is 25. The van der Waals surface area contributed by atoms with Crippen LogP contribution in [0.15, 0.2) is 0 Å². The van der Waals surface area contributed by atoms with Crippen LogP contribution in [0.4, 0.5) is 119 Å². The minimum Gasteiger partial charge on any atom is -0.269 e. The molecule has 0 aliphatic carbocycles. The van der Waals surface area contributed by atoms with E-state index in [1.165, 1.54) is 0 Å². The maximum Gasteiger partial charge on any atom is 0.460 e. The Morgan fingerprint density at radius 1 is 0.317 bits per heavy atom. The summed E-state index contributed by atoms with van der Waals surface area (Å²) in [5, 5.41) is 0. The van der Waals surface area contributed by atoms with Crippen LogP contribution in [0.5, 0.6) is 0 Å². The van der Waals surface area contributed by atoms with Crippen LogP contribution in [0.3, 0.4) is 0 Å². The molecule has 0 radical (unpaired) electrons. The molecule has 0 fully saturated rings. The molecule has 9 nitrogen and oxygen atoms in total. The van der Waals surface area contributed by atoms with Gasteiger partial charge in [-0.2, -0.15) is 144 Å².